The minimum absolute atomic E-state index is 0.0210. The molecule has 0 spiro atoms. The number of hydrogen-bond acceptors (Lipinski definition) is 4. The van der Waals surface area contributed by atoms with Crippen LogP contribution in [0.25, 0.3) is 11.1 Å². The van der Waals surface area contributed by atoms with E-state index in [4.69, 9.17) is 18.9 Å². The fourth-order valence-electron chi connectivity index (χ4n) is 5.76. The maximum absolute atomic E-state index is 6.14. The number of benzene rings is 2. The summed E-state index contributed by atoms with van der Waals surface area (Å²) in [6, 6.07) is 13.7. The van der Waals surface area contributed by atoms with Gasteiger partial charge in [-0.2, -0.15) is 0 Å². The van der Waals surface area contributed by atoms with E-state index >= 15 is 0 Å². The summed E-state index contributed by atoms with van der Waals surface area (Å²) in [6.45, 7) is 10.1. The molecule has 0 fully saturated rings. The monoisotopic (exact) mass is 666 g/mol. The van der Waals surface area contributed by atoms with Crippen molar-refractivity contribution in [2.24, 2.45) is 0 Å². The van der Waals surface area contributed by atoms with Gasteiger partial charge in [-0.05, 0) is 126 Å². The van der Waals surface area contributed by atoms with Crippen LogP contribution in [0, 0.1) is 0 Å². The summed E-state index contributed by atoms with van der Waals surface area (Å²) < 4.78 is 25.3. The van der Waals surface area contributed by atoms with Gasteiger partial charge in [-0.3, -0.25) is 0 Å². The Morgan fingerprint density at radius 3 is 1.41 bits per heavy atom. The minimum atomic E-state index is -0.0210. The van der Waals surface area contributed by atoms with E-state index in [0.717, 1.165) is 73.5 Å². The van der Waals surface area contributed by atoms with Gasteiger partial charge in [-0.15, -0.1) is 0 Å². The van der Waals surface area contributed by atoms with Gasteiger partial charge in [0.2, 0.25) is 0 Å². The molecule has 218 valence electrons. The van der Waals surface area contributed by atoms with E-state index in [1.54, 1.807) is 14.2 Å². The molecule has 0 saturated heterocycles. The van der Waals surface area contributed by atoms with Crippen LogP contribution in [-0.4, -0.2) is 51.8 Å². The van der Waals surface area contributed by atoms with Crippen molar-refractivity contribution in [3.05, 3.63) is 56.5 Å². The molecule has 0 aliphatic heterocycles. The zero-order valence-electron chi connectivity index (χ0n) is 24.7. The zero-order valence-corrected chi connectivity index (χ0v) is 27.9. The van der Waals surface area contributed by atoms with Crippen molar-refractivity contribution in [2.45, 2.75) is 109 Å². The predicted octanol–water partition coefficient (Wildman–Crippen LogP) is 9.48. The van der Waals surface area contributed by atoms with E-state index in [-0.39, 0.29) is 29.8 Å². The van der Waals surface area contributed by atoms with E-state index in [2.05, 4.69) is 96.0 Å². The molecule has 4 nitrogen and oxygen atoms in total. The first kappa shape index (κ1) is 32.8. The van der Waals surface area contributed by atoms with E-state index in [1.165, 1.54) is 22.3 Å². The molecule has 0 aromatic heterocycles. The van der Waals surface area contributed by atoms with Crippen molar-refractivity contribution >= 4 is 31.9 Å². The average Bonchev–Trinajstić information content (AvgIpc) is 3.16. The molecule has 1 aliphatic rings. The summed E-state index contributed by atoms with van der Waals surface area (Å²) in [7, 11) is 3.52. The van der Waals surface area contributed by atoms with Crippen LogP contribution in [0.15, 0.2) is 45.3 Å². The van der Waals surface area contributed by atoms with Crippen LogP contribution in [0.5, 0.6) is 0 Å². The molecule has 3 rings (SSSR count). The second kappa shape index (κ2) is 16.0. The van der Waals surface area contributed by atoms with Crippen molar-refractivity contribution in [1.29, 1.82) is 0 Å². The van der Waals surface area contributed by atoms with Gasteiger partial charge in [-0.1, -0.05) is 44.0 Å². The van der Waals surface area contributed by atoms with Crippen molar-refractivity contribution < 1.29 is 18.9 Å². The predicted molar refractivity (Wildman–Crippen MR) is 169 cm³/mol. The Hall–Kier alpha value is -0.760. The van der Waals surface area contributed by atoms with Gasteiger partial charge in [-0.25, -0.2) is 0 Å². The lowest BCUT2D eigenvalue weighted by Gasteiger charge is -2.34. The first-order valence-electron chi connectivity index (χ1n) is 14.6. The lowest BCUT2D eigenvalue weighted by atomic mass is 9.70. The highest BCUT2D eigenvalue weighted by molar-refractivity contribution is 9.10. The summed E-state index contributed by atoms with van der Waals surface area (Å²) in [6.07, 6.45) is 9.32. The molecule has 2 aromatic carbocycles. The lowest BCUT2D eigenvalue weighted by Crippen LogP contribution is -2.27. The van der Waals surface area contributed by atoms with E-state index < -0.39 is 0 Å². The Kier molecular flexibility index (Phi) is 13.5. The molecule has 6 heteroatoms. The second-order valence-electron chi connectivity index (χ2n) is 11.3. The van der Waals surface area contributed by atoms with Gasteiger partial charge in [0.15, 0.2) is 0 Å². The van der Waals surface area contributed by atoms with Crippen molar-refractivity contribution in [3.8, 4) is 11.1 Å². The highest BCUT2D eigenvalue weighted by Crippen LogP contribution is 2.55. The third kappa shape index (κ3) is 9.11. The number of fused-ring (bicyclic) bond motifs is 3. The van der Waals surface area contributed by atoms with Crippen molar-refractivity contribution in [3.63, 3.8) is 0 Å². The first-order chi connectivity index (χ1) is 18.7. The van der Waals surface area contributed by atoms with Gasteiger partial charge >= 0.3 is 0 Å². The third-order valence-electron chi connectivity index (χ3n) is 8.37. The maximum atomic E-state index is 6.14. The van der Waals surface area contributed by atoms with Gasteiger partial charge in [0, 0.05) is 41.8 Å². The Bertz CT molecular complexity index is 945. The topological polar surface area (TPSA) is 36.9 Å². The summed E-state index contributed by atoms with van der Waals surface area (Å²) in [4.78, 5) is 0. The van der Waals surface area contributed by atoms with Gasteiger partial charge < -0.3 is 18.9 Å². The lowest BCUT2D eigenvalue weighted by molar-refractivity contribution is 0.0226. The molecule has 39 heavy (non-hydrogen) atoms. The molecule has 0 amide bonds. The van der Waals surface area contributed by atoms with E-state index in [1.807, 2.05) is 0 Å². The van der Waals surface area contributed by atoms with Gasteiger partial charge in [0.05, 0.1) is 24.4 Å². The number of halogens is 2. The molecular weight excluding hydrogens is 620 g/mol. The van der Waals surface area contributed by atoms with E-state index in [0.29, 0.717) is 0 Å². The standard InChI is InChI=1S/C33H48Br2O4/c1-23(36-5)15-19-38-25(3)9-7-17-33(18-8-10-26(4)39-20-16-24(2)37-6)31-21-27(34)11-13-29(31)30-14-12-28(35)22-32(30)33/h11-14,21-26H,7-10,15-20H2,1-6H3. The zero-order chi connectivity index (χ0) is 28.4. The summed E-state index contributed by atoms with van der Waals surface area (Å²) in [5, 5.41) is 0. The normalized spacial score (nSPS) is 16.9. The third-order valence-corrected chi connectivity index (χ3v) is 9.36. The second-order valence-corrected chi connectivity index (χ2v) is 13.1. The van der Waals surface area contributed by atoms with Gasteiger partial charge in [0.25, 0.3) is 0 Å². The van der Waals surface area contributed by atoms with Crippen LogP contribution >= 0.6 is 31.9 Å². The van der Waals surface area contributed by atoms with Crippen LogP contribution in [0.4, 0.5) is 0 Å². The Morgan fingerprint density at radius 2 is 1.03 bits per heavy atom. The highest BCUT2D eigenvalue weighted by Gasteiger charge is 2.42. The molecule has 0 N–H and O–H groups in total. The number of methoxy groups -OCH3 is 2. The highest BCUT2D eigenvalue weighted by atomic mass is 79.9. The van der Waals surface area contributed by atoms with Crippen LogP contribution in [0.3, 0.4) is 0 Å². The molecular formula is C33H48Br2O4. The van der Waals surface area contributed by atoms with Crippen molar-refractivity contribution in [1.82, 2.24) is 0 Å². The summed E-state index contributed by atoms with van der Waals surface area (Å²) in [5.41, 5.74) is 5.63. The molecule has 0 bridgehead atoms. The Balaban J connectivity index is 1.75. The molecule has 0 radical (unpaired) electrons. The molecule has 1 aliphatic carbocycles. The summed E-state index contributed by atoms with van der Waals surface area (Å²) >= 11 is 7.56. The Labute approximate surface area is 253 Å². The number of rotatable bonds is 18. The summed E-state index contributed by atoms with van der Waals surface area (Å²) in [5.74, 6) is 0. The Morgan fingerprint density at radius 1 is 0.615 bits per heavy atom. The quantitative estimate of drug-likeness (QED) is 0.159. The number of hydrogen-bond donors (Lipinski definition) is 0. The van der Waals surface area contributed by atoms with Gasteiger partial charge in [0.1, 0.15) is 0 Å². The average molecular weight is 669 g/mol. The van der Waals surface area contributed by atoms with Crippen LogP contribution in [0.2, 0.25) is 0 Å². The largest absolute Gasteiger partial charge is 0.382 e. The number of ether oxygens (including phenoxy) is 4. The van der Waals surface area contributed by atoms with Crippen LogP contribution < -0.4 is 0 Å². The fraction of sp³-hybridized carbons (Fsp3) is 0.636. The SMILES string of the molecule is COC(C)CCOC(C)CCCC1(CCCC(C)OCCC(C)OC)c2cc(Br)ccc2-c2ccc(Br)cc21. The molecule has 0 saturated carbocycles. The van der Waals surface area contributed by atoms with Crippen molar-refractivity contribution in [2.75, 3.05) is 27.4 Å². The minimum Gasteiger partial charge on any atom is -0.382 e. The van der Waals surface area contributed by atoms with E-state index in [9.17, 15) is 0 Å². The fourth-order valence-corrected chi connectivity index (χ4v) is 6.48. The smallest absolute Gasteiger partial charge is 0.0565 e. The van der Waals surface area contributed by atoms with Crippen LogP contribution in [-0.2, 0) is 24.4 Å². The molecule has 4 unspecified atom stereocenters. The van der Waals surface area contributed by atoms with Crippen LogP contribution in [0.1, 0.15) is 90.2 Å². The maximum Gasteiger partial charge on any atom is 0.0565 e. The molecule has 2 aromatic rings. The first-order valence-corrected chi connectivity index (χ1v) is 16.2. The molecule has 4 atom stereocenters. The molecule has 0 heterocycles.